The second kappa shape index (κ2) is 12.9. The first-order valence-electron chi connectivity index (χ1n) is 18.0. The van der Waals surface area contributed by atoms with Gasteiger partial charge in [-0.3, -0.25) is 14.5 Å². The third-order valence-corrected chi connectivity index (χ3v) is 11.2. The van der Waals surface area contributed by atoms with Gasteiger partial charge in [0.2, 0.25) is 0 Å². The van der Waals surface area contributed by atoms with Crippen molar-refractivity contribution in [2.75, 3.05) is 54.5 Å². The Labute approximate surface area is 297 Å². The molecule has 2 saturated heterocycles. The summed E-state index contributed by atoms with van der Waals surface area (Å²) in [7, 11) is 1.63. The second-order valence-corrected chi connectivity index (χ2v) is 15.3. The highest BCUT2D eigenvalue weighted by atomic mass is 19.1. The number of piperazine rings is 1. The monoisotopic (exact) mass is 695 g/mol. The highest BCUT2D eigenvalue weighted by Crippen LogP contribution is 2.41. The van der Waals surface area contributed by atoms with Crippen molar-refractivity contribution in [2.24, 2.45) is 12.5 Å². The molecule has 1 aromatic carbocycles. The molecule has 0 bridgehead atoms. The molecule has 2 N–H and O–H groups in total. The van der Waals surface area contributed by atoms with Crippen LogP contribution in [0.25, 0.3) is 11.1 Å². The average molecular weight is 696 g/mol. The Balaban J connectivity index is 1.06. The molecule has 8 rings (SSSR count). The van der Waals surface area contributed by atoms with Crippen molar-refractivity contribution in [2.45, 2.75) is 65.3 Å². The van der Waals surface area contributed by atoms with Gasteiger partial charge in [-0.05, 0) is 72.2 Å². The van der Waals surface area contributed by atoms with Crippen LogP contribution in [0.4, 0.5) is 27.3 Å². The van der Waals surface area contributed by atoms with Gasteiger partial charge in [0.05, 0.1) is 43.4 Å². The zero-order valence-corrected chi connectivity index (χ0v) is 29.8. The molecule has 11 nitrogen and oxygen atoms in total. The number of carbonyl (C=O) groups is 1. The molecule has 6 heterocycles. The smallest absolute Gasteiger partial charge is 0.274 e. The lowest BCUT2D eigenvalue weighted by atomic mass is 9.90. The molecule has 4 aromatic rings. The second-order valence-electron chi connectivity index (χ2n) is 15.3. The van der Waals surface area contributed by atoms with Crippen molar-refractivity contribution in [3.63, 3.8) is 0 Å². The van der Waals surface area contributed by atoms with Gasteiger partial charge in [-0.25, -0.2) is 9.37 Å². The molecule has 51 heavy (non-hydrogen) atoms. The number of nitrogens with one attached hydrogen (secondary N) is 1. The van der Waals surface area contributed by atoms with Gasteiger partial charge in [0, 0.05) is 68.8 Å². The molecule has 0 saturated carbocycles. The van der Waals surface area contributed by atoms with Crippen LogP contribution in [-0.4, -0.2) is 81.5 Å². The van der Waals surface area contributed by atoms with Crippen LogP contribution < -0.4 is 20.7 Å². The molecule has 268 valence electrons. The highest BCUT2D eigenvalue weighted by molar-refractivity contribution is 6.07. The van der Waals surface area contributed by atoms with E-state index in [1.54, 1.807) is 24.2 Å². The molecule has 1 aliphatic carbocycles. The zero-order valence-electron chi connectivity index (χ0n) is 29.8. The molecular weight excluding hydrogens is 649 g/mol. The van der Waals surface area contributed by atoms with Gasteiger partial charge < -0.3 is 34.1 Å². The molecule has 3 aromatic heterocycles. The summed E-state index contributed by atoms with van der Waals surface area (Å²) in [6.07, 6.45) is 6.31. The molecule has 0 unspecified atom stereocenters. The number of halogens is 1. The Morgan fingerprint density at radius 1 is 1.06 bits per heavy atom. The first-order chi connectivity index (χ1) is 24.5. The summed E-state index contributed by atoms with van der Waals surface area (Å²) in [5.41, 5.74) is 5.87. The van der Waals surface area contributed by atoms with Crippen LogP contribution in [0.5, 0.6) is 0 Å². The number of aliphatic hydroxyl groups is 1. The molecule has 0 radical (unpaired) electrons. The standard InChI is InChI=1S/C39H46FN7O4/c1-5-27-20-44(29-22-51-23-29)8-9-45(27)28-6-7-36(41-18-28)42-32-12-25(19-43(4)37(32)49)30-14-26(40)15-33(31(30)21-48)47-11-10-46-34(38(47)50)13-24-16-39(2,3)17-35(24)46/h6-7,12-15,18-19,27,29,48H,5,8-11,16-17,20-23H2,1-4H3,(H,41,42)/t27-/m0/s1. The average Bonchev–Trinajstić information content (AvgIpc) is 3.58. The topological polar surface area (TPSA) is 108 Å². The lowest BCUT2D eigenvalue weighted by molar-refractivity contribution is -0.0698. The van der Waals surface area contributed by atoms with E-state index in [0.717, 1.165) is 57.8 Å². The van der Waals surface area contributed by atoms with Crippen molar-refractivity contribution >= 4 is 28.8 Å². The Bertz CT molecular complexity index is 2050. The van der Waals surface area contributed by atoms with Crippen molar-refractivity contribution in [1.82, 2.24) is 19.0 Å². The maximum absolute atomic E-state index is 15.4. The van der Waals surface area contributed by atoms with Crippen LogP contribution in [0.2, 0.25) is 0 Å². The number of hydrogen-bond acceptors (Lipinski definition) is 8. The summed E-state index contributed by atoms with van der Waals surface area (Å²) in [4.78, 5) is 38.4. The van der Waals surface area contributed by atoms with Crippen LogP contribution >= 0.6 is 0 Å². The molecule has 3 aliphatic heterocycles. The summed E-state index contributed by atoms with van der Waals surface area (Å²) >= 11 is 0. The van der Waals surface area contributed by atoms with Crippen molar-refractivity contribution < 1.29 is 19.0 Å². The Morgan fingerprint density at radius 3 is 2.59 bits per heavy atom. The first-order valence-corrected chi connectivity index (χ1v) is 18.0. The Kier molecular flexibility index (Phi) is 8.51. The van der Waals surface area contributed by atoms with E-state index in [1.165, 1.54) is 28.0 Å². The van der Waals surface area contributed by atoms with E-state index < -0.39 is 12.4 Å². The maximum atomic E-state index is 15.4. The summed E-state index contributed by atoms with van der Waals surface area (Å²) in [6, 6.07) is 11.1. The summed E-state index contributed by atoms with van der Waals surface area (Å²) in [6.45, 7) is 11.7. The van der Waals surface area contributed by atoms with E-state index in [4.69, 9.17) is 4.74 Å². The fourth-order valence-corrected chi connectivity index (χ4v) is 8.48. The molecule has 2 fully saturated rings. The number of pyridine rings is 2. The summed E-state index contributed by atoms with van der Waals surface area (Å²) in [5, 5.41) is 13.9. The van der Waals surface area contributed by atoms with Gasteiger partial charge >= 0.3 is 0 Å². The number of aliphatic hydroxyl groups excluding tert-OH is 1. The number of aromatic nitrogens is 3. The fourth-order valence-electron chi connectivity index (χ4n) is 8.48. The lowest BCUT2D eigenvalue weighted by Gasteiger charge is -2.47. The minimum atomic E-state index is -0.539. The number of rotatable bonds is 8. The van der Waals surface area contributed by atoms with E-state index in [1.807, 2.05) is 24.4 Å². The van der Waals surface area contributed by atoms with Crippen LogP contribution in [0.15, 0.2) is 53.6 Å². The largest absolute Gasteiger partial charge is 0.392 e. The molecular formula is C39H46FN7O4. The fraction of sp³-hybridized carbons (Fsp3) is 0.462. The van der Waals surface area contributed by atoms with E-state index in [0.29, 0.717) is 59.1 Å². The number of hydrogen-bond donors (Lipinski definition) is 2. The normalized spacial score (nSPS) is 20.4. The number of aryl methyl sites for hydroxylation is 1. The third kappa shape index (κ3) is 6.02. The van der Waals surface area contributed by atoms with Crippen LogP contribution in [0, 0.1) is 11.2 Å². The van der Waals surface area contributed by atoms with Crippen molar-refractivity contribution in [1.29, 1.82) is 0 Å². The van der Waals surface area contributed by atoms with Gasteiger partial charge in [-0.2, -0.15) is 0 Å². The summed E-state index contributed by atoms with van der Waals surface area (Å²) in [5.74, 6) is -0.244. The molecule has 0 spiro atoms. The van der Waals surface area contributed by atoms with Crippen LogP contribution in [0.1, 0.15) is 54.5 Å². The first kappa shape index (κ1) is 33.6. The molecule has 1 amide bonds. The van der Waals surface area contributed by atoms with E-state index in [9.17, 15) is 14.7 Å². The Hall–Kier alpha value is -4.52. The maximum Gasteiger partial charge on any atom is 0.274 e. The number of carbonyl (C=O) groups excluding carboxylic acids is 1. The number of amides is 1. The number of benzene rings is 1. The number of ether oxygens (including phenoxy) is 1. The van der Waals surface area contributed by atoms with Gasteiger partial charge in [-0.1, -0.05) is 20.8 Å². The predicted molar refractivity (Wildman–Crippen MR) is 195 cm³/mol. The SMILES string of the molecule is CC[C@H]1CN(C2COC2)CCN1c1ccc(Nc2cc(-c3cc(F)cc(N4CCn5c(cc6c5CC(C)(C)C6)C4=O)c3CO)cn(C)c2=O)nc1. The van der Waals surface area contributed by atoms with Gasteiger partial charge in [-0.15, -0.1) is 0 Å². The number of nitrogens with zero attached hydrogens (tertiary/aromatic N) is 6. The number of fused-ring (bicyclic) bond motifs is 3. The predicted octanol–water partition coefficient (Wildman–Crippen LogP) is 4.71. The number of anilines is 4. The van der Waals surface area contributed by atoms with E-state index in [-0.39, 0.29) is 22.6 Å². The van der Waals surface area contributed by atoms with Crippen molar-refractivity contribution in [3.05, 3.63) is 87.5 Å². The minimum absolute atomic E-state index is 0.164. The Morgan fingerprint density at radius 2 is 1.88 bits per heavy atom. The lowest BCUT2D eigenvalue weighted by Crippen LogP contribution is -2.60. The van der Waals surface area contributed by atoms with Gasteiger partial charge in [0.1, 0.15) is 23.0 Å². The molecule has 4 aliphatic rings. The van der Waals surface area contributed by atoms with Gasteiger partial charge in [0.15, 0.2) is 0 Å². The van der Waals surface area contributed by atoms with E-state index >= 15 is 4.39 Å². The van der Waals surface area contributed by atoms with E-state index in [2.05, 4.69) is 45.4 Å². The molecule has 12 heteroatoms. The highest BCUT2D eigenvalue weighted by Gasteiger charge is 2.38. The minimum Gasteiger partial charge on any atom is -0.392 e. The van der Waals surface area contributed by atoms with Gasteiger partial charge in [0.25, 0.3) is 11.5 Å². The van der Waals surface area contributed by atoms with Crippen LogP contribution in [-0.2, 0) is 37.8 Å². The molecule has 1 atom stereocenters. The quantitative estimate of drug-likeness (QED) is 0.273. The zero-order chi connectivity index (χ0) is 35.6. The third-order valence-electron chi connectivity index (χ3n) is 11.2. The summed E-state index contributed by atoms with van der Waals surface area (Å²) < 4.78 is 24.4. The van der Waals surface area contributed by atoms with Crippen molar-refractivity contribution in [3.8, 4) is 11.1 Å². The van der Waals surface area contributed by atoms with Crippen LogP contribution in [0.3, 0.4) is 0 Å².